The number of hydrogen-bond donors (Lipinski definition) is 0. The van der Waals surface area contributed by atoms with E-state index in [1.165, 1.54) is 12.1 Å². The van der Waals surface area contributed by atoms with Crippen molar-refractivity contribution in [2.75, 3.05) is 0 Å². The molecule has 0 spiro atoms. The van der Waals surface area contributed by atoms with Crippen LogP contribution in [0.5, 0.6) is 0 Å². The lowest BCUT2D eigenvalue weighted by Crippen LogP contribution is -2.05. The monoisotopic (exact) mass is 480 g/mol. The van der Waals surface area contributed by atoms with Crippen molar-refractivity contribution >= 4 is 73.8 Å². The number of halogens is 6. The molecule has 160 valence electrons. The summed E-state index contributed by atoms with van der Waals surface area (Å²) < 4.78 is 80.1. The summed E-state index contributed by atoms with van der Waals surface area (Å²) in [7, 11) is 0. The summed E-state index contributed by atoms with van der Waals surface area (Å²) in [6.07, 6.45) is -9.17. The second-order valence-electron chi connectivity index (χ2n) is 7.45. The molecule has 10 heteroatoms. The minimum atomic E-state index is -4.59. The molecule has 0 aliphatic carbocycles. The number of rotatable bonds is 0. The molecule has 2 heterocycles. The van der Waals surface area contributed by atoms with Crippen LogP contribution in [0.3, 0.4) is 0 Å². The van der Waals surface area contributed by atoms with Gasteiger partial charge in [-0.25, -0.2) is 0 Å². The first-order valence-electron chi connectivity index (χ1n) is 9.08. The lowest BCUT2D eigenvalue weighted by molar-refractivity contribution is -0.138. The van der Waals surface area contributed by atoms with Gasteiger partial charge in [0.1, 0.15) is 0 Å². The van der Waals surface area contributed by atoms with Gasteiger partial charge in [-0.05, 0) is 35.0 Å². The van der Waals surface area contributed by atoms with Gasteiger partial charge in [-0.1, -0.05) is 12.1 Å². The van der Waals surface area contributed by atoms with Gasteiger partial charge in [-0.2, -0.15) is 26.3 Å². The Morgan fingerprint density at radius 2 is 0.906 bits per heavy atom. The Balaban J connectivity index is 1.72. The Morgan fingerprint density at radius 1 is 0.531 bits per heavy atom. The van der Waals surface area contributed by atoms with E-state index in [0.29, 0.717) is 30.9 Å². The van der Waals surface area contributed by atoms with Crippen LogP contribution < -0.4 is 10.9 Å². The van der Waals surface area contributed by atoms with Crippen molar-refractivity contribution in [3.05, 3.63) is 68.0 Å². The van der Waals surface area contributed by atoms with E-state index in [1.54, 1.807) is 0 Å². The van der Waals surface area contributed by atoms with E-state index in [9.17, 15) is 35.9 Å². The SMILES string of the molecule is O=c1c2cc(C(F)(F)F)ccc2c2c1sc1c2sc2c(=O)c3cc(C(F)(F)F)ccc3c21. The molecule has 6 aromatic rings. The molecule has 32 heavy (non-hydrogen) atoms. The van der Waals surface area contributed by atoms with Crippen LogP contribution in [-0.4, -0.2) is 0 Å². The van der Waals surface area contributed by atoms with Crippen LogP contribution in [0.1, 0.15) is 11.1 Å². The number of benzene rings is 2. The van der Waals surface area contributed by atoms with Crippen molar-refractivity contribution in [1.82, 2.24) is 0 Å². The highest BCUT2D eigenvalue weighted by atomic mass is 32.1. The van der Waals surface area contributed by atoms with E-state index < -0.39 is 34.3 Å². The third-order valence-electron chi connectivity index (χ3n) is 5.66. The van der Waals surface area contributed by atoms with Crippen LogP contribution in [0.25, 0.3) is 51.1 Å². The molecule has 0 amide bonds. The molecule has 0 saturated carbocycles. The molecule has 0 saturated heterocycles. The molecule has 0 atom stereocenters. The van der Waals surface area contributed by atoms with E-state index in [1.807, 2.05) is 0 Å². The van der Waals surface area contributed by atoms with Gasteiger partial charge in [0.25, 0.3) is 0 Å². The molecule has 4 aromatic carbocycles. The number of thiophene rings is 2. The fraction of sp³-hybridized carbons (Fsp3) is 0.0909. The summed E-state index contributed by atoms with van der Waals surface area (Å²) in [4.78, 5) is 25.7. The number of fused-ring (bicyclic) bond motifs is 9. The van der Waals surface area contributed by atoms with Crippen molar-refractivity contribution < 1.29 is 26.3 Å². The van der Waals surface area contributed by atoms with Crippen molar-refractivity contribution in [2.24, 2.45) is 0 Å². The highest BCUT2D eigenvalue weighted by Gasteiger charge is 2.33. The smallest absolute Gasteiger partial charge is 0.288 e. The van der Waals surface area contributed by atoms with Crippen LogP contribution >= 0.6 is 22.7 Å². The standard InChI is InChI=1S/C22H6F6O2S2/c23-21(24,25)7-1-3-9-11(5-7)15(29)17-13(9)19-20(31-17)14-10-4-2-8(22(26,27)28)6-12(10)16(30)18(14)32-19/h1-6H. The molecule has 6 rings (SSSR count). The zero-order chi connectivity index (χ0) is 22.7. The van der Waals surface area contributed by atoms with Crippen LogP contribution in [0.15, 0.2) is 46.0 Å². The van der Waals surface area contributed by atoms with Crippen molar-refractivity contribution in [3.8, 4) is 0 Å². The number of hydrogen-bond acceptors (Lipinski definition) is 4. The van der Waals surface area contributed by atoms with Gasteiger partial charge in [0.15, 0.2) is 0 Å². The Labute approximate surface area is 180 Å². The van der Waals surface area contributed by atoms with Gasteiger partial charge < -0.3 is 0 Å². The van der Waals surface area contributed by atoms with Gasteiger partial charge in [-0.3, -0.25) is 9.59 Å². The Hall–Kier alpha value is -2.98. The summed E-state index contributed by atoms with van der Waals surface area (Å²) >= 11 is 2.11. The quantitative estimate of drug-likeness (QED) is 0.215. The fourth-order valence-electron chi connectivity index (χ4n) is 4.24. The maximum Gasteiger partial charge on any atom is 0.416 e. The van der Waals surface area contributed by atoms with Gasteiger partial charge in [0.2, 0.25) is 10.9 Å². The summed E-state index contributed by atoms with van der Waals surface area (Å²) in [5.41, 5.74) is -2.90. The van der Waals surface area contributed by atoms with E-state index in [0.717, 1.165) is 46.9 Å². The van der Waals surface area contributed by atoms with Crippen LogP contribution in [0.2, 0.25) is 0 Å². The molecule has 0 N–H and O–H groups in total. The Morgan fingerprint density at radius 3 is 1.25 bits per heavy atom. The zero-order valence-corrected chi connectivity index (χ0v) is 17.0. The van der Waals surface area contributed by atoms with Crippen LogP contribution in [-0.2, 0) is 12.4 Å². The van der Waals surface area contributed by atoms with Gasteiger partial charge in [0.05, 0.1) is 29.9 Å². The first kappa shape index (κ1) is 19.7. The largest absolute Gasteiger partial charge is 0.416 e. The molecule has 0 radical (unpaired) electrons. The molecule has 2 aromatic heterocycles. The first-order chi connectivity index (χ1) is 15.0. The molecule has 0 bridgehead atoms. The Kier molecular flexibility index (Phi) is 3.61. The summed E-state index contributed by atoms with van der Waals surface area (Å²) in [6, 6.07) is 5.98. The predicted octanol–water partition coefficient (Wildman–Crippen LogP) is 7.21. The van der Waals surface area contributed by atoms with Crippen LogP contribution in [0, 0.1) is 0 Å². The van der Waals surface area contributed by atoms with Crippen molar-refractivity contribution in [1.29, 1.82) is 0 Å². The summed E-state index contributed by atoms with van der Waals surface area (Å²) in [5.74, 6) is 0. The molecule has 0 fully saturated rings. The highest BCUT2D eigenvalue weighted by molar-refractivity contribution is 7.37. The summed E-state index contributed by atoms with van der Waals surface area (Å²) in [5, 5.41) is 1.61. The zero-order valence-electron chi connectivity index (χ0n) is 15.4. The number of alkyl halides is 6. The second-order valence-corrected chi connectivity index (χ2v) is 9.49. The molecule has 0 unspecified atom stereocenters. The lowest BCUT2D eigenvalue weighted by Gasteiger charge is -2.06. The highest BCUT2D eigenvalue weighted by Crippen LogP contribution is 2.48. The molecular formula is C22H6F6O2S2. The van der Waals surface area contributed by atoms with Gasteiger partial charge in [-0.15, -0.1) is 22.7 Å². The average molecular weight is 480 g/mol. The normalized spacial score (nSPS) is 13.6. The topological polar surface area (TPSA) is 34.1 Å². The predicted molar refractivity (Wildman–Crippen MR) is 115 cm³/mol. The van der Waals surface area contributed by atoms with Crippen molar-refractivity contribution in [2.45, 2.75) is 12.4 Å². The van der Waals surface area contributed by atoms with Gasteiger partial charge in [0, 0.05) is 21.5 Å². The molecule has 0 aliphatic heterocycles. The maximum atomic E-state index is 13.1. The molecule has 0 aliphatic rings. The molecular weight excluding hydrogens is 474 g/mol. The minimum Gasteiger partial charge on any atom is -0.288 e. The lowest BCUT2D eigenvalue weighted by atomic mass is 10.1. The van der Waals surface area contributed by atoms with Gasteiger partial charge >= 0.3 is 12.4 Å². The van der Waals surface area contributed by atoms with E-state index in [2.05, 4.69) is 0 Å². The van der Waals surface area contributed by atoms with Crippen LogP contribution in [0.4, 0.5) is 26.3 Å². The van der Waals surface area contributed by atoms with Crippen molar-refractivity contribution in [3.63, 3.8) is 0 Å². The Bertz CT molecular complexity index is 1710. The van der Waals surface area contributed by atoms with E-state index in [-0.39, 0.29) is 20.2 Å². The maximum absolute atomic E-state index is 13.1. The third-order valence-corrected chi connectivity index (χ3v) is 8.20. The second kappa shape index (κ2) is 5.87. The van der Waals surface area contributed by atoms with E-state index in [4.69, 9.17) is 0 Å². The van der Waals surface area contributed by atoms with E-state index >= 15 is 0 Å². The third kappa shape index (κ3) is 2.42. The fourth-order valence-corrected chi connectivity index (χ4v) is 7.08. The average Bonchev–Trinajstić information content (AvgIpc) is 3.39. The minimum absolute atomic E-state index is 0.0434. The molecule has 2 nitrogen and oxygen atoms in total. The summed E-state index contributed by atoms with van der Waals surface area (Å²) in [6.45, 7) is 0. The first-order valence-corrected chi connectivity index (χ1v) is 10.7.